The van der Waals surface area contributed by atoms with E-state index in [0.717, 1.165) is 11.6 Å². The molecule has 0 aliphatic rings. The monoisotopic (exact) mass is 187 g/mol. The first kappa shape index (κ1) is 8.55. The van der Waals surface area contributed by atoms with Gasteiger partial charge in [-0.1, -0.05) is 0 Å². The smallest absolute Gasteiger partial charge is 0.137 e. The highest BCUT2D eigenvalue weighted by molar-refractivity contribution is 5.52. The molecule has 0 spiro atoms. The van der Waals surface area contributed by atoms with Gasteiger partial charge in [-0.3, -0.25) is 0 Å². The molecular formula is C9H9N5. The second-order valence-electron chi connectivity index (χ2n) is 2.69. The lowest BCUT2D eigenvalue weighted by molar-refractivity contribution is 1.03. The maximum absolute atomic E-state index is 4.11. The van der Waals surface area contributed by atoms with E-state index in [1.807, 2.05) is 24.1 Å². The van der Waals surface area contributed by atoms with Gasteiger partial charge < -0.3 is 4.90 Å². The molecule has 2 aromatic heterocycles. The third kappa shape index (κ3) is 1.66. The summed E-state index contributed by atoms with van der Waals surface area (Å²) >= 11 is 0. The number of rotatable bonds is 2. The molecule has 0 radical (unpaired) electrons. The Bertz CT molecular complexity index is 349. The molecule has 0 N–H and O–H groups in total. The van der Waals surface area contributed by atoms with Crippen molar-refractivity contribution in [1.82, 2.24) is 19.9 Å². The minimum atomic E-state index is 0.804. The Balaban J connectivity index is 2.30. The van der Waals surface area contributed by atoms with Gasteiger partial charge in [0, 0.05) is 19.4 Å². The summed E-state index contributed by atoms with van der Waals surface area (Å²) in [7, 11) is 1.89. The largest absolute Gasteiger partial charge is 0.314 e. The van der Waals surface area contributed by atoms with Gasteiger partial charge in [-0.15, -0.1) is 0 Å². The molecule has 0 aromatic carbocycles. The van der Waals surface area contributed by atoms with Gasteiger partial charge in [0.1, 0.15) is 24.3 Å². The van der Waals surface area contributed by atoms with E-state index in [2.05, 4.69) is 19.9 Å². The summed E-state index contributed by atoms with van der Waals surface area (Å²) in [4.78, 5) is 17.8. The standard InChI is InChI=1S/C9H9N5/c1-14(8-2-4-10-6-12-8)9-3-5-11-7-13-9/h2-7H,1H3. The zero-order chi connectivity index (χ0) is 9.80. The van der Waals surface area contributed by atoms with Gasteiger partial charge in [0.15, 0.2) is 0 Å². The zero-order valence-corrected chi connectivity index (χ0v) is 7.70. The second-order valence-corrected chi connectivity index (χ2v) is 2.69. The van der Waals surface area contributed by atoms with Crippen molar-refractivity contribution < 1.29 is 0 Å². The molecule has 0 aliphatic heterocycles. The molecule has 2 aromatic rings. The lowest BCUT2D eigenvalue weighted by Crippen LogP contribution is -2.12. The Morgan fingerprint density at radius 3 is 1.79 bits per heavy atom. The van der Waals surface area contributed by atoms with Crippen molar-refractivity contribution in [3.8, 4) is 0 Å². The van der Waals surface area contributed by atoms with Gasteiger partial charge in [-0.25, -0.2) is 19.9 Å². The van der Waals surface area contributed by atoms with Crippen molar-refractivity contribution >= 4 is 11.6 Å². The van der Waals surface area contributed by atoms with Crippen LogP contribution in [0.15, 0.2) is 37.2 Å². The first-order chi connectivity index (χ1) is 6.88. The molecule has 0 fully saturated rings. The Morgan fingerprint density at radius 2 is 1.43 bits per heavy atom. The van der Waals surface area contributed by atoms with Crippen LogP contribution >= 0.6 is 0 Å². The molecule has 2 heterocycles. The maximum atomic E-state index is 4.11. The number of aromatic nitrogens is 4. The van der Waals surface area contributed by atoms with Crippen LogP contribution in [0.3, 0.4) is 0 Å². The van der Waals surface area contributed by atoms with Crippen molar-refractivity contribution in [3.63, 3.8) is 0 Å². The molecule has 5 heteroatoms. The fourth-order valence-electron chi connectivity index (χ4n) is 1.08. The first-order valence-corrected chi connectivity index (χ1v) is 4.13. The van der Waals surface area contributed by atoms with E-state index in [9.17, 15) is 0 Å². The van der Waals surface area contributed by atoms with E-state index in [4.69, 9.17) is 0 Å². The summed E-state index contributed by atoms with van der Waals surface area (Å²) in [6.07, 6.45) is 6.40. The fourth-order valence-corrected chi connectivity index (χ4v) is 1.08. The third-order valence-corrected chi connectivity index (χ3v) is 1.82. The highest BCUT2D eigenvalue weighted by Gasteiger charge is 2.04. The molecule has 0 saturated carbocycles. The van der Waals surface area contributed by atoms with Gasteiger partial charge in [0.05, 0.1) is 0 Å². The molecule has 0 bridgehead atoms. The van der Waals surface area contributed by atoms with Gasteiger partial charge >= 0.3 is 0 Å². The molecule has 0 unspecified atom stereocenters. The number of hydrogen-bond donors (Lipinski definition) is 0. The van der Waals surface area contributed by atoms with Crippen LogP contribution in [0.5, 0.6) is 0 Å². The molecule has 14 heavy (non-hydrogen) atoms. The van der Waals surface area contributed by atoms with Gasteiger partial charge in [-0.05, 0) is 12.1 Å². The van der Waals surface area contributed by atoms with Crippen LogP contribution in [-0.4, -0.2) is 27.0 Å². The summed E-state index contributed by atoms with van der Waals surface area (Å²) in [5, 5.41) is 0. The summed E-state index contributed by atoms with van der Waals surface area (Å²) in [5.41, 5.74) is 0. The van der Waals surface area contributed by atoms with E-state index in [-0.39, 0.29) is 0 Å². The van der Waals surface area contributed by atoms with Crippen LogP contribution in [0.1, 0.15) is 0 Å². The van der Waals surface area contributed by atoms with Gasteiger partial charge in [0.25, 0.3) is 0 Å². The van der Waals surface area contributed by atoms with Crippen LogP contribution in [0.25, 0.3) is 0 Å². The topological polar surface area (TPSA) is 54.8 Å². The predicted molar refractivity (Wildman–Crippen MR) is 52.1 cm³/mol. The molecule has 2 rings (SSSR count). The molecule has 0 aliphatic carbocycles. The van der Waals surface area contributed by atoms with Crippen LogP contribution < -0.4 is 4.90 Å². The Labute approximate surface area is 81.5 Å². The van der Waals surface area contributed by atoms with Crippen molar-refractivity contribution in [1.29, 1.82) is 0 Å². The number of nitrogens with zero attached hydrogens (tertiary/aromatic N) is 5. The first-order valence-electron chi connectivity index (χ1n) is 4.13. The highest BCUT2D eigenvalue weighted by atomic mass is 15.2. The zero-order valence-electron chi connectivity index (χ0n) is 7.70. The number of anilines is 2. The lowest BCUT2D eigenvalue weighted by atomic mass is 10.5. The second kappa shape index (κ2) is 3.78. The van der Waals surface area contributed by atoms with Crippen LogP contribution in [-0.2, 0) is 0 Å². The van der Waals surface area contributed by atoms with E-state index in [0.29, 0.717) is 0 Å². The lowest BCUT2D eigenvalue weighted by Gasteiger charge is -2.15. The van der Waals surface area contributed by atoms with Gasteiger partial charge in [-0.2, -0.15) is 0 Å². The van der Waals surface area contributed by atoms with Crippen molar-refractivity contribution in [2.45, 2.75) is 0 Å². The van der Waals surface area contributed by atoms with Crippen LogP contribution in [0.2, 0.25) is 0 Å². The molecular weight excluding hydrogens is 178 g/mol. The summed E-state index contributed by atoms with van der Waals surface area (Å²) in [5.74, 6) is 1.61. The SMILES string of the molecule is CN(c1ccncn1)c1ccncn1. The fraction of sp³-hybridized carbons (Fsp3) is 0.111. The quantitative estimate of drug-likeness (QED) is 0.703. The average molecular weight is 187 g/mol. The normalized spacial score (nSPS) is 9.79. The Hall–Kier alpha value is -2.04. The Kier molecular flexibility index (Phi) is 2.31. The highest BCUT2D eigenvalue weighted by Crippen LogP contribution is 2.16. The molecule has 0 amide bonds. The van der Waals surface area contributed by atoms with Crippen molar-refractivity contribution in [3.05, 3.63) is 37.2 Å². The minimum absolute atomic E-state index is 0.804. The van der Waals surface area contributed by atoms with Crippen LogP contribution in [0.4, 0.5) is 11.6 Å². The van der Waals surface area contributed by atoms with E-state index < -0.39 is 0 Å². The molecule has 70 valence electrons. The summed E-state index contributed by atoms with van der Waals surface area (Å²) in [6.45, 7) is 0. The molecule has 0 saturated heterocycles. The van der Waals surface area contributed by atoms with Crippen molar-refractivity contribution in [2.24, 2.45) is 0 Å². The number of hydrogen-bond acceptors (Lipinski definition) is 5. The minimum Gasteiger partial charge on any atom is -0.314 e. The van der Waals surface area contributed by atoms with Gasteiger partial charge in [0.2, 0.25) is 0 Å². The third-order valence-electron chi connectivity index (χ3n) is 1.82. The maximum Gasteiger partial charge on any atom is 0.137 e. The predicted octanol–water partition coefficient (Wildman–Crippen LogP) is 1.03. The average Bonchev–Trinajstić information content (AvgIpc) is 2.30. The van der Waals surface area contributed by atoms with E-state index in [1.54, 1.807) is 12.4 Å². The van der Waals surface area contributed by atoms with Crippen molar-refractivity contribution in [2.75, 3.05) is 11.9 Å². The Morgan fingerprint density at radius 1 is 0.929 bits per heavy atom. The molecule has 0 atom stereocenters. The van der Waals surface area contributed by atoms with E-state index >= 15 is 0 Å². The van der Waals surface area contributed by atoms with E-state index in [1.165, 1.54) is 12.7 Å². The van der Waals surface area contributed by atoms with Crippen LogP contribution in [0, 0.1) is 0 Å². The summed E-state index contributed by atoms with van der Waals surface area (Å²) in [6, 6.07) is 3.64. The summed E-state index contributed by atoms with van der Waals surface area (Å²) < 4.78 is 0. The molecule has 5 nitrogen and oxygen atoms in total.